The molecule has 2 saturated carbocycles. The lowest BCUT2D eigenvalue weighted by molar-refractivity contribution is -0.0618. The molecule has 3 atom stereocenters. The second-order valence-corrected chi connectivity index (χ2v) is 5.84. The summed E-state index contributed by atoms with van der Waals surface area (Å²) in [6.45, 7) is 2.28. The molecule has 3 unspecified atom stereocenters. The third-order valence-electron chi connectivity index (χ3n) is 4.87. The van der Waals surface area contributed by atoms with Gasteiger partial charge in [0.05, 0.1) is 6.10 Å². The van der Waals surface area contributed by atoms with Crippen molar-refractivity contribution >= 4 is 0 Å². The Bertz CT molecular complexity index is 202. The van der Waals surface area contributed by atoms with Crippen LogP contribution in [-0.4, -0.2) is 11.2 Å². The molecule has 1 N–H and O–H groups in total. The Kier molecular flexibility index (Phi) is 3.71. The molecule has 0 aromatic carbocycles. The molecule has 0 bridgehead atoms. The molecule has 1 spiro atoms. The molecule has 2 rings (SSSR count). The minimum atomic E-state index is 0.0210. The van der Waals surface area contributed by atoms with Crippen molar-refractivity contribution in [3.05, 3.63) is 0 Å². The zero-order valence-corrected chi connectivity index (χ0v) is 10.2. The molecule has 15 heavy (non-hydrogen) atoms. The van der Waals surface area contributed by atoms with Crippen molar-refractivity contribution in [1.29, 1.82) is 0 Å². The van der Waals surface area contributed by atoms with Crippen LogP contribution in [0.2, 0.25) is 0 Å². The number of aliphatic hydroxyl groups is 1. The van der Waals surface area contributed by atoms with E-state index in [0.29, 0.717) is 5.41 Å². The Morgan fingerprint density at radius 1 is 1.20 bits per heavy atom. The summed E-state index contributed by atoms with van der Waals surface area (Å²) in [5.74, 6) is 0.957. The number of hydrogen-bond acceptors (Lipinski definition) is 1. The minimum Gasteiger partial charge on any atom is -0.393 e. The van der Waals surface area contributed by atoms with Crippen LogP contribution in [0.5, 0.6) is 0 Å². The summed E-state index contributed by atoms with van der Waals surface area (Å²) in [6, 6.07) is 0. The van der Waals surface area contributed by atoms with Gasteiger partial charge in [-0.3, -0.25) is 0 Å². The van der Waals surface area contributed by atoms with E-state index in [1.165, 1.54) is 51.4 Å². The van der Waals surface area contributed by atoms with Gasteiger partial charge in [0.2, 0.25) is 0 Å². The minimum absolute atomic E-state index is 0.0210. The highest BCUT2D eigenvalue weighted by Gasteiger charge is 2.47. The van der Waals surface area contributed by atoms with Gasteiger partial charge in [0.15, 0.2) is 0 Å². The standard InChI is InChI=1S/C14H26O/c1-2-3-4-6-12-8-10-14(12)9-5-7-13(15)11-14/h12-13,15H,2-11H2,1H3. The van der Waals surface area contributed by atoms with Crippen LogP contribution >= 0.6 is 0 Å². The molecule has 1 nitrogen and oxygen atoms in total. The van der Waals surface area contributed by atoms with Crippen LogP contribution in [0.4, 0.5) is 0 Å². The monoisotopic (exact) mass is 210 g/mol. The first-order chi connectivity index (χ1) is 7.27. The Hall–Kier alpha value is -0.0400. The van der Waals surface area contributed by atoms with Crippen molar-refractivity contribution in [2.45, 2.75) is 77.2 Å². The van der Waals surface area contributed by atoms with Crippen LogP contribution in [0.1, 0.15) is 71.1 Å². The van der Waals surface area contributed by atoms with Crippen molar-refractivity contribution in [3.8, 4) is 0 Å². The number of hydrogen-bond donors (Lipinski definition) is 1. The van der Waals surface area contributed by atoms with Crippen LogP contribution in [0, 0.1) is 11.3 Å². The summed E-state index contributed by atoms with van der Waals surface area (Å²) < 4.78 is 0. The van der Waals surface area contributed by atoms with Crippen LogP contribution < -0.4 is 0 Å². The van der Waals surface area contributed by atoms with Crippen molar-refractivity contribution < 1.29 is 5.11 Å². The lowest BCUT2D eigenvalue weighted by Crippen LogP contribution is -2.45. The summed E-state index contributed by atoms with van der Waals surface area (Å²) in [6.07, 6.45) is 13.3. The Labute approximate surface area is 94.3 Å². The average molecular weight is 210 g/mol. The maximum absolute atomic E-state index is 9.80. The van der Waals surface area contributed by atoms with Crippen molar-refractivity contribution in [2.24, 2.45) is 11.3 Å². The Morgan fingerprint density at radius 2 is 2.07 bits per heavy atom. The number of rotatable bonds is 4. The average Bonchev–Trinajstić information content (AvgIpc) is 2.23. The maximum Gasteiger partial charge on any atom is 0.0545 e. The van der Waals surface area contributed by atoms with E-state index in [4.69, 9.17) is 0 Å². The summed E-state index contributed by atoms with van der Waals surface area (Å²) >= 11 is 0. The molecular weight excluding hydrogens is 184 g/mol. The van der Waals surface area contributed by atoms with Crippen molar-refractivity contribution in [2.75, 3.05) is 0 Å². The molecule has 2 fully saturated rings. The Balaban J connectivity index is 1.81. The van der Waals surface area contributed by atoms with Gasteiger partial charge >= 0.3 is 0 Å². The predicted molar refractivity (Wildman–Crippen MR) is 63.8 cm³/mol. The first-order valence-electron chi connectivity index (χ1n) is 6.95. The molecule has 0 aliphatic heterocycles. The van der Waals surface area contributed by atoms with Crippen LogP contribution in [-0.2, 0) is 0 Å². The highest BCUT2D eigenvalue weighted by molar-refractivity contribution is 4.98. The highest BCUT2D eigenvalue weighted by atomic mass is 16.3. The van der Waals surface area contributed by atoms with Crippen LogP contribution in [0.15, 0.2) is 0 Å². The van der Waals surface area contributed by atoms with Crippen LogP contribution in [0.3, 0.4) is 0 Å². The highest BCUT2D eigenvalue weighted by Crippen LogP contribution is 2.57. The van der Waals surface area contributed by atoms with E-state index < -0.39 is 0 Å². The SMILES string of the molecule is CCCCCC1CCC12CCCC(O)C2. The molecular formula is C14H26O. The molecule has 1 heteroatoms. The zero-order valence-electron chi connectivity index (χ0n) is 10.2. The quantitative estimate of drug-likeness (QED) is 0.698. The predicted octanol–water partition coefficient (Wildman–Crippen LogP) is 3.90. The maximum atomic E-state index is 9.80. The number of unbranched alkanes of at least 4 members (excludes halogenated alkanes) is 2. The molecule has 2 aliphatic rings. The molecule has 0 aromatic rings. The molecule has 0 amide bonds. The molecule has 0 saturated heterocycles. The molecule has 0 radical (unpaired) electrons. The van der Waals surface area contributed by atoms with E-state index in [9.17, 15) is 5.11 Å². The van der Waals surface area contributed by atoms with Gasteiger partial charge in [-0.25, -0.2) is 0 Å². The zero-order chi connectivity index (χ0) is 10.7. The fraction of sp³-hybridized carbons (Fsp3) is 1.00. The second kappa shape index (κ2) is 4.86. The summed E-state index contributed by atoms with van der Waals surface area (Å²) in [4.78, 5) is 0. The van der Waals surface area contributed by atoms with Crippen molar-refractivity contribution in [3.63, 3.8) is 0 Å². The van der Waals surface area contributed by atoms with Gasteiger partial charge in [-0.2, -0.15) is 0 Å². The smallest absolute Gasteiger partial charge is 0.0545 e. The third-order valence-corrected chi connectivity index (χ3v) is 4.87. The van der Waals surface area contributed by atoms with Gasteiger partial charge in [0.25, 0.3) is 0 Å². The van der Waals surface area contributed by atoms with E-state index >= 15 is 0 Å². The number of aliphatic hydroxyl groups excluding tert-OH is 1. The largest absolute Gasteiger partial charge is 0.393 e. The fourth-order valence-electron chi connectivity index (χ4n) is 3.81. The van der Waals surface area contributed by atoms with Gasteiger partial charge < -0.3 is 5.11 Å². The van der Waals surface area contributed by atoms with E-state index in [1.807, 2.05) is 0 Å². The second-order valence-electron chi connectivity index (χ2n) is 5.84. The molecule has 88 valence electrons. The summed E-state index contributed by atoms with van der Waals surface area (Å²) in [5, 5.41) is 9.80. The van der Waals surface area contributed by atoms with Gasteiger partial charge in [0.1, 0.15) is 0 Å². The molecule has 0 aromatic heterocycles. The summed E-state index contributed by atoms with van der Waals surface area (Å²) in [5.41, 5.74) is 0.589. The van der Waals surface area contributed by atoms with E-state index in [1.54, 1.807) is 0 Å². The van der Waals surface area contributed by atoms with E-state index in [0.717, 1.165) is 18.8 Å². The first kappa shape index (κ1) is 11.4. The van der Waals surface area contributed by atoms with Gasteiger partial charge in [-0.15, -0.1) is 0 Å². The van der Waals surface area contributed by atoms with Gasteiger partial charge in [-0.1, -0.05) is 32.6 Å². The van der Waals surface area contributed by atoms with Crippen LogP contribution in [0.25, 0.3) is 0 Å². The lowest BCUT2D eigenvalue weighted by atomic mass is 9.52. The Morgan fingerprint density at radius 3 is 2.67 bits per heavy atom. The van der Waals surface area contributed by atoms with E-state index in [2.05, 4.69) is 6.92 Å². The molecule has 2 aliphatic carbocycles. The van der Waals surface area contributed by atoms with Crippen molar-refractivity contribution in [1.82, 2.24) is 0 Å². The lowest BCUT2D eigenvalue weighted by Gasteiger charge is -2.53. The topological polar surface area (TPSA) is 20.2 Å². The first-order valence-corrected chi connectivity index (χ1v) is 6.95. The molecule has 0 heterocycles. The van der Waals surface area contributed by atoms with E-state index in [-0.39, 0.29) is 6.10 Å². The summed E-state index contributed by atoms with van der Waals surface area (Å²) in [7, 11) is 0. The van der Waals surface area contributed by atoms with Gasteiger partial charge in [-0.05, 0) is 49.9 Å². The van der Waals surface area contributed by atoms with Gasteiger partial charge in [0, 0.05) is 0 Å². The third kappa shape index (κ3) is 2.38. The normalized spacial score (nSPS) is 40.4. The fourth-order valence-corrected chi connectivity index (χ4v) is 3.81.